The number of alkyl carbamates (subject to hydrolysis) is 1. The van der Waals surface area contributed by atoms with E-state index in [0.29, 0.717) is 0 Å². The molecule has 0 fully saturated rings. The summed E-state index contributed by atoms with van der Waals surface area (Å²) in [4.78, 5) is 21.6. The molecule has 7 heteroatoms. The van der Waals surface area contributed by atoms with E-state index in [2.05, 4.69) is 5.32 Å². The van der Waals surface area contributed by atoms with E-state index in [0.717, 1.165) is 0 Å². The van der Waals surface area contributed by atoms with Crippen molar-refractivity contribution in [2.45, 2.75) is 38.8 Å². The van der Waals surface area contributed by atoms with Crippen molar-refractivity contribution in [2.75, 3.05) is 6.61 Å². The Morgan fingerprint density at radius 2 is 1.94 bits per heavy atom. The SMILES string of the molecule is CC(C)(C)OC(=O)N[C@H](CCO)C(=O)[O-].[NH4+]. The zero-order chi connectivity index (χ0) is 12.1. The van der Waals surface area contributed by atoms with Crippen LogP contribution in [0, 0.1) is 0 Å². The summed E-state index contributed by atoms with van der Waals surface area (Å²) < 4.78 is 4.84. The standard InChI is InChI=1S/C9H17NO5.H3N/c1-9(2,3)15-8(14)10-6(4-5-11)7(12)13;/h6,11H,4-5H2,1-3H3,(H,10,14)(H,12,13);1H3/t6-;/m1./s1. The molecule has 0 aliphatic heterocycles. The molecular formula is C9H20N2O5. The van der Waals surface area contributed by atoms with Crippen LogP contribution < -0.4 is 16.6 Å². The predicted molar refractivity (Wildman–Crippen MR) is 55.9 cm³/mol. The number of hydrogen-bond donors (Lipinski definition) is 3. The maximum absolute atomic E-state index is 11.1. The number of carbonyl (C=O) groups is 2. The van der Waals surface area contributed by atoms with E-state index < -0.39 is 23.7 Å². The van der Waals surface area contributed by atoms with Crippen LogP contribution in [0.3, 0.4) is 0 Å². The third kappa shape index (κ3) is 8.01. The Bertz CT molecular complexity index is 237. The van der Waals surface area contributed by atoms with Crippen molar-refractivity contribution in [2.24, 2.45) is 0 Å². The maximum atomic E-state index is 11.1. The molecule has 7 nitrogen and oxygen atoms in total. The number of nitrogens with one attached hydrogen (secondary N) is 1. The molecule has 0 unspecified atom stereocenters. The second-order valence-electron chi connectivity index (χ2n) is 4.03. The van der Waals surface area contributed by atoms with Crippen LogP contribution in [-0.2, 0) is 9.53 Å². The Morgan fingerprint density at radius 3 is 2.25 bits per heavy atom. The first-order valence-corrected chi connectivity index (χ1v) is 4.57. The number of rotatable bonds is 4. The minimum Gasteiger partial charge on any atom is -0.548 e. The highest BCUT2D eigenvalue weighted by Crippen LogP contribution is 2.06. The highest BCUT2D eigenvalue weighted by atomic mass is 16.6. The Morgan fingerprint density at radius 1 is 1.44 bits per heavy atom. The van der Waals surface area contributed by atoms with Crippen LogP contribution in [0.15, 0.2) is 0 Å². The van der Waals surface area contributed by atoms with Crippen molar-refractivity contribution in [3.8, 4) is 0 Å². The quantitative estimate of drug-likeness (QED) is 0.598. The van der Waals surface area contributed by atoms with Gasteiger partial charge in [0.05, 0.1) is 12.0 Å². The number of quaternary nitrogens is 1. The van der Waals surface area contributed by atoms with Gasteiger partial charge in [0, 0.05) is 6.61 Å². The van der Waals surface area contributed by atoms with Gasteiger partial charge in [0.1, 0.15) is 5.60 Å². The number of carboxylic acids is 1. The van der Waals surface area contributed by atoms with Gasteiger partial charge < -0.3 is 31.2 Å². The largest absolute Gasteiger partial charge is 0.548 e. The van der Waals surface area contributed by atoms with Gasteiger partial charge in [-0.3, -0.25) is 0 Å². The highest BCUT2D eigenvalue weighted by molar-refractivity contribution is 5.78. The maximum Gasteiger partial charge on any atom is 0.408 e. The lowest BCUT2D eigenvalue weighted by molar-refractivity contribution is -0.308. The zero-order valence-corrected chi connectivity index (χ0v) is 10.1. The van der Waals surface area contributed by atoms with Crippen molar-refractivity contribution >= 4 is 12.1 Å². The van der Waals surface area contributed by atoms with E-state index in [4.69, 9.17) is 9.84 Å². The fraction of sp³-hybridized carbons (Fsp3) is 0.778. The zero-order valence-electron chi connectivity index (χ0n) is 10.1. The topological polar surface area (TPSA) is 135 Å². The summed E-state index contributed by atoms with van der Waals surface area (Å²) in [5.74, 6) is -1.45. The molecule has 0 rings (SSSR count). The summed E-state index contributed by atoms with van der Waals surface area (Å²) in [5, 5.41) is 21.1. The fourth-order valence-corrected chi connectivity index (χ4v) is 0.828. The average Bonchev–Trinajstić information content (AvgIpc) is 1.99. The molecule has 1 amide bonds. The van der Waals surface area contributed by atoms with Crippen LogP contribution in [0.2, 0.25) is 0 Å². The number of aliphatic hydroxyl groups excluding tert-OH is 1. The predicted octanol–water partition coefficient (Wildman–Crippen LogP) is -0.612. The summed E-state index contributed by atoms with van der Waals surface area (Å²) in [6, 6.07) is -1.23. The molecule has 0 aliphatic rings. The third-order valence-electron chi connectivity index (χ3n) is 1.39. The van der Waals surface area contributed by atoms with Crippen LogP contribution in [0.1, 0.15) is 27.2 Å². The molecule has 0 aromatic carbocycles. The van der Waals surface area contributed by atoms with Crippen LogP contribution in [0.4, 0.5) is 4.79 Å². The van der Waals surface area contributed by atoms with Crippen molar-refractivity contribution in [3.05, 3.63) is 0 Å². The first kappa shape index (κ1) is 17.1. The van der Waals surface area contributed by atoms with Gasteiger partial charge in [-0.2, -0.15) is 0 Å². The van der Waals surface area contributed by atoms with E-state index in [9.17, 15) is 14.7 Å². The molecule has 0 saturated carbocycles. The molecular weight excluding hydrogens is 216 g/mol. The Balaban J connectivity index is 0. The van der Waals surface area contributed by atoms with E-state index >= 15 is 0 Å². The minimum absolute atomic E-state index is 0. The van der Waals surface area contributed by atoms with Gasteiger partial charge in [-0.25, -0.2) is 4.79 Å². The Kier molecular flexibility index (Phi) is 7.49. The van der Waals surface area contributed by atoms with Gasteiger partial charge in [0.2, 0.25) is 0 Å². The Labute approximate surface area is 94.4 Å². The molecule has 0 aromatic heterocycles. The van der Waals surface area contributed by atoms with E-state index in [1.807, 2.05) is 0 Å². The van der Waals surface area contributed by atoms with Crippen LogP contribution in [-0.4, -0.2) is 35.4 Å². The number of ether oxygens (including phenoxy) is 1. The van der Waals surface area contributed by atoms with Crippen LogP contribution >= 0.6 is 0 Å². The average molecular weight is 236 g/mol. The number of aliphatic carboxylic acids is 1. The Hall–Kier alpha value is -1.34. The first-order chi connectivity index (χ1) is 6.76. The summed E-state index contributed by atoms with van der Waals surface area (Å²) in [5.41, 5.74) is -0.695. The summed E-state index contributed by atoms with van der Waals surface area (Å²) in [6.45, 7) is 4.63. The number of carbonyl (C=O) groups excluding carboxylic acids is 2. The lowest BCUT2D eigenvalue weighted by Crippen LogP contribution is -2.49. The lowest BCUT2D eigenvalue weighted by atomic mass is 10.2. The number of hydrogen-bond acceptors (Lipinski definition) is 5. The van der Waals surface area contributed by atoms with Crippen molar-refractivity contribution in [1.82, 2.24) is 11.5 Å². The summed E-state index contributed by atoms with van der Waals surface area (Å²) in [6.07, 6.45) is -0.952. The second-order valence-corrected chi connectivity index (χ2v) is 4.03. The van der Waals surface area contributed by atoms with Gasteiger partial charge in [-0.1, -0.05) is 0 Å². The highest BCUT2D eigenvalue weighted by Gasteiger charge is 2.19. The molecule has 0 bridgehead atoms. The monoisotopic (exact) mass is 236 g/mol. The van der Waals surface area contributed by atoms with E-state index in [1.165, 1.54) is 0 Å². The van der Waals surface area contributed by atoms with Crippen molar-refractivity contribution in [1.29, 1.82) is 0 Å². The fourth-order valence-electron chi connectivity index (χ4n) is 0.828. The third-order valence-corrected chi connectivity index (χ3v) is 1.39. The van der Waals surface area contributed by atoms with E-state index in [-0.39, 0.29) is 19.2 Å². The van der Waals surface area contributed by atoms with Gasteiger partial charge in [-0.05, 0) is 27.2 Å². The second kappa shape index (κ2) is 7.02. The van der Waals surface area contributed by atoms with Crippen molar-refractivity contribution < 1.29 is 24.5 Å². The molecule has 0 saturated heterocycles. The molecule has 0 aromatic rings. The first-order valence-electron chi connectivity index (χ1n) is 4.57. The van der Waals surface area contributed by atoms with Crippen LogP contribution in [0.5, 0.6) is 0 Å². The molecule has 0 heterocycles. The molecule has 6 N–H and O–H groups in total. The van der Waals surface area contributed by atoms with Gasteiger partial charge >= 0.3 is 6.09 Å². The lowest BCUT2D eigenvalue weighted by Gasteiger charge is -2.23. The normalized spacial score (nSPS) is 12.2. The number of amides is 1. The molecule has 96 valence electrons. The summed E-state index contributed by atoms with van der Waals surface area (Å²) >= 11 is 0. The number of carboxylic acid groups (broad SMARTS) is 1. The molecule has 0 spiro atoms. The van der Waals surface area contributed by atoms with Gasteiger partial charge in [-0.15, -0.1) is 0 Å². The van der Waals surface area contributed by atoms with Gasteiger partial charge in [0.15, 0.2) is 0 Å². The minimum atomic E-state index is -1.45. The molecule has 16 heavy (non-hydrogen) atoms. The number of aliphatic hydroxyl groups is 1. The molecule has 0 aliphatic carbocycles. The van der Waals surface area contributed by atoms with Crippen molar-refractivity contribution in [3.63, 3.8) is 0 Å². The smallest absolute Gasteiger partial charge is 0.408 e. The van der Waals surface area contributed by atoms with Gasteiger partial charge in [0.25, 0.3) is 0 Å². The van der Waals surface area contributed by atoms with Crippen LogP contribution in [0.25, 0.3) is 0 Å². The van der Waals surface area contributed by atoms with E-state index in [1.54, 1.807) is 20.8 Å². The molecule has 0 radical (unpaired) electrons. The summed E-state index contributed by atoms with van der Waals surface area (Å²) in [7, 11) is 0. The molecule has 1 atom stereocenters.